The first-order valence-corrected chi connectivity index (χ1v) is 8.89. The first kappa shape index (κ1) is 18.3. The number of carbonyl (C=O) groups excluding carboxylic acids is 2. The number of nitrogens with one attached hydrogen (secondary N) is 2. The van der Waals surface area contributed by atoms with Gasteiger partial charge in [0.15, 0.2) is 0 Å². The number of nitrogens with zero attached hydrogens (tertiary/aromatic N) is 2. The van der Waals surface area contributed by atoms with Crippen molar-refractivity contribution >= 4 is 29.1 Å². The molecule has 1 aromatic heterocycles. The van der Waals surface area contributed by atoms with Gasteiger partial charge in [-0.25, -0.2) is 0 Å². The first-order chi connectivity index (χ1) is 12.5. The average molecular weight is 377 g/mol. The fourth-order valence-corrected chi connectivity index (χ4v) is 3.23. The van der Waals surface area contributed by atoms with E-state index < -0.39 is 0 Å². The highest BCUT2D eigenvalue weighted by molar-refractivity contribution is 6.31. The summed E-state index contributed by atoms with van der Waals surface area (Å²) in [7, 11) is 1.49. The van der Waals surface area contributed by atoms with E-state index in [0.29, 0.717) is 22.0 Å². The number of benzene rings is 1. The number of rotatable bonds is 6. The van der Waals surface area contributed by atoms with Crippen molar-refractivity contribution in [2.45, 2.75) is 38.3 Å². The minimum absolute atomic E-state index is 0.0746. The van der Waals surface area contributed by atoms with Crippen LogP contribution in [0.15, 0.2) is 30.6 Å². The van der Waals surface area contributed by atoms with Crippen molar-refractivity contribution in [1.29, 1.82) is 0 Å². The number of ether oxygens (including phenoxy) is 1. The fraction of sp³-hybridized carbons (Fsp3) is 0.389. The van der Waals surface area contributed by atoms with Crippen LogP contribution >= 0.6 is 11.6 Å². The number of anilines is 1. The van der Waals surface area contributed by atoms with Crippen LogP contribution in [0.25, 0.3) is 0 Å². The maximum absolute atomic E-state index is 12.4. The topological polar surface area (TPSA) is 85.2 Å². The predicted octanol–water partition coefficient (Wildman–Crippen LogP) is 2.86. The molecule has 0 unspecified atom stereocenters. The average Bonchev–Trinajstić information content (AvgIpc) is 3.27. The van der Waals surface area contributed by atoms with Gasteiger partial charge in [-0.15, -0.1) is 0 Å². The molecule has 26 heavy (non-hydrogen) atoms. The number of halogens is 1. The summed E-state index contributed by atoms with van der Waals surface area (Å²) in [6, 6.07) is 5.09. The zero-order valence-electron chi connectivity index (χ0n) is 14.5. The lowest BCUT2D eigenvalue weighted by Gasteiger charge is -2.11. The smallest absolute Gasteiger partial charge is 0.259 e. The zero-order valence-corrected chi connectivity index (χ0v) is 15.3. The second kappa shape index (κ2) is 8.23. The predicted molar refractivity (Wildman–Crippen MR) is 98.6 cm³/mol. The van der Waals surface area contributed by atoms with Gasteiger partial charge in [-0.3, -0.25) is 14.3 Å². The van der Waals surface area contributed by atoms with Crippen molar-refractivity contribution in [2.75, 3.05) is 12.4 Å². The van der Waals surface area contributed by atoms with Crippen LogP contribution in [0.5, 0.6) is 5.75 Å². The Balaban J connectivity index is 1.60. The van der Waals surface area contributed by atoms with Gasteiger partial charge in [0.1, 0.15) is 12.3 Å². The first-order valence-electron chi connectivity index (χ1n) is 8.52. The van der Waals surface area contributed by atoms with E-state index >= 15 is 0 Å². The summed E-state index contributed by atoms with van der Waals surface area (Å²) in [4.78, 5) is 24.5. The van der Waals surface area contributed by atoms with E-state index in [4.69, 9.17) is 16.3 Å². The van der Waals surface area contributed by atoms with E-state index in [0.717, 1.165) is 25.7 Å². The summed E-state index contributed by atoms with van der Waals surface area (Å²) in [5.41, 5.74) is 0.817. The number of methoxy groups -OCH3 is 1. The molecule has 1 heterocycles. The van der Waals surface area contributed by atoms with Gasteiger partial charge in [-0.2, -0.15) is 5.10 Å². The van der Waals surface area contributed by atoms with Crippen molar-refractivity contribution in [3.05, 3.63) is 41.2 Å². The van der Waals surface area contributed by atoms with Crippen LogP contribution in [0, 0.1) is 0 Å². The van der Waals surface area contributed by atoms with E-state index in [1.807, 2.05) is 0 Å². The molecule has 7 nitrogen and oxygen atoms in total. The Morgan fingerprint density at radius 3 is 2.85 bits per heavy atom. The van der Waals surface area contributed by atoms with E-state index in [1.165, 1.54) is 24.1 Å². The molecular weight excluding hydrogens is 356 g/mol. The molecule has 0 saturated heterocycles. The summed E-state index contributed by atoms with van der Waals surface area (Å²) in [5.74, 6) is -0.0103. The largest absolute Gasteiger partial charge is 0.496 e. The third-order valence-electron chi connectivity index (χ3n) is 4.32. The molecule has 0 radical (unpaired) electrons. The standard InChI is InChI=1S/C18H21ClN4O3/c1-26-16-7-6-12(19)8-15(16)18(25)22-14-9-20-23(10-14)11-17(24)21-13-4-2-3-5-13/h6-10,13H,2-5,11H2,1H3,(H,21,24)(H,22,25). The zero-order chi connectivity index (χ0) is 18.5. The van der Waals surface area contributed by atoms with E-state index in [1.54, 1.807) is 18.3 Å². The maximum atomic E-state index is 12.4. The van der Waals surface area contributed by atoms with Crippen LogP contribution in [0.2, 0.25) is 5.02 Å². The molecular formula is C18H21ClN4O3. The third kappa shape index (κ3) is 4.54. The number of hydrogen-bond acceptors (Lipinski definition) is 4. The minimum atomic E-state index is -0.362. The highest BCUT2D eigenvalue weighted by Crippen LogP contribution is 2.23. The Morgan fingerprint density at radius 1 is 1.35 bits per heavy atom. The third-order valence-corrected chi connectivity index (χ3v) is 4.56. The van der Waals surface area contributed by atoms with E-state index in [9.17, 15) is 9.59 Å². The molecule has 1 aromatic carbocycles. The van der Waals surface area contributed by atoms with Gasteiger partial charge in [0.25, 0.3) is 5.91 Å². The van der Waals surface area contributed by atoms with Crippen molar-refractivity contribution in [1.82, 2.24) is 15.1 Å². The number of hydrogen-bond donors (Lipinski definition) is 2. The van der Waals surface area contributed by atoms with Gasteiger partial charge in [0.05, 0.1) is 24.6 Å². The Labute approximate surface area is 156 Å². The van der Waals surface area contributed by atoms with Crippen molar-refractivity contribution in [3.63, 3.8) is 0 Å². The van der Waals surface area contributed by atoms with Crippen LogP contribution in [0.3, 0.4) is 0 Å². The second-order valence-electron chi connectivity index (χ2n) is 6.27. The van der Waals surface area contributed by atoms with Crippen LogP contribution in [-0.4, -0.2) is 34.7 Å². The maximum Gasteiger partial charge on any atom is 0.259 e. The van der Waals surface area contributed by atoms with Crippen molar-refractivity contribution in [2.24, 2.45) is 0 Å². The number of amides is 2. The molecule has 0 atom stereocenters. The summed E-state index contributed by atoms with van der Waals surface area (Å²) in [6.07, 6.45) is 7.51. The molecule has 2 N–H and O–H groups in total. The highest BCUT2D eigenvalue weighted by Gasteiger charge is 2.18. The summed E-state index contributed by atoms with van der Waals surface area (Å²) in [6.45, 7) is 0.118. The number of carbonyl (C=O) groups is 2. The fourth-order valence-electron chi connectivity index (χ4n) is 3.06. The monoisotopic (exact) mass is 376 g/mol. The van der Waals surface area contributed by atoms with Crippen molar-refractivity contribution < 1.29 is 14.3 Å². The molecule has 2 aromatic rings. The summed E-state index contributed by atoms with van der Waals surface area (Å²) in [5, 5.41) is 10.3. The number of aromatic nitrogens is 2. The lowest BCUT2D eigenvalue weighted by atomic mass is 10.2. The lowest BCUT2D eigenvalue weighted by Crippen LogP contribution is -2.35. The normalized spacial score (nSPS) is 14.2. The van der Waals surface area contributed by atoms with Gasteiger partial charge in [0.2, 0.25) is 5.91 Å². The molecule has 0 spiro atoms. The van der Waals surface area contributed by atoms with Gasteiger partial charge in [-0.05, 0) is 31.0 Å². The molecule has 1 aliphatic rings. The van der Waals surface area contributed by atoms with Crippen LogP contribution < -0.4 is 15.4 Å². The molecule has 1 aliphatic carbocycles. The van der Waals surface area contributed by atoms with Crippen molar-refractivity contribution in [3.8, 4) is 5.75 Å². The summed E-state index contributed by atoms with van der Waals surface area (Å²) >= 11 is 5.96. The van der Waals surface area contributed by atoms with E-state index in [-0.39, 0.29) is 24.4 Å². The van der Waals surface area contributed by atoms with Gasteiger partial charge >= 0.3 is 0 Å². The Kier molecular flexibility index (Phi) is 5.78. The van der Waals surface area contributed by atoms with Crippen LogP contribution in [0.4, 0.5) is 5.69 Å². The molecule has 138 valence electrons. The van der Waals surface area contributed by atoms with Gasteiger partial charge in [-0.1, -0.05) is 24.4 Å². The quantitative estimate of drug-likeness (QED) is 0.811. The second-order valence-corrected chi connectivity index (χ2v) is 6.71. The molecule has 3 rings (SSSR count). The van der Waals surface area contributed by atoms with Crippen LogP contribution in [0.1, 0.15) is 36.0 Å². The molecule has 0 aliphatic heterocycles. The molecule has 1 fully saturated rings. The Hall–Kier alpha value is -2.54. The minimum Gasteiger partial charge on any atom is -0.496 e. The SMILES string of the molecule is COc1ccc(Cl)cc1C(=O)Nc1cnn(CC(=O)NC2CCCC2)c1. The van der Waals surface area contributed by atoms with Gasteiger partial charge in [0, 0.05) is 17.3 Å². The van der Waals surface area contributed by atoms with E-state index in [2.05, 4.69) is 15.7 Å². The lowest BCUT2D eigenvalue weighted by molar-refractivity contribution is -0.122. The van der Waals surface area contributed by atoms with Gasteiger partial charge < -0.3 is 15.4 Å². The molecule has 0 bridgehead atoms. The Morgan fingerprint density at radius 2 is 2.12 bits per heavy atom. The Bertz CT molecular complexity index is 799. The molecule has 2 amide bonds. The molecule has 8 heteroatoms. The highest BCUT2D eigenvalue weighted by atomic mass is 35.5. The summed E-state index contributed by atoms with van der Waals surface area (Å²) < 4.78 is 6.68. The van der Waals surface area contributed by atoms with Crippen LogP contribution in [-0.2, 0) is 11.3 Å². The molecule has 1 saturated carbocycles.